The molecule has 2 heterocycles. The molecular weight excluding hydrogens is 192 g/mol. The first-order chi connectivity index (χ1) is 7.31. The summed E-state index contributed by atoms with van der Waals surface area (Å²) in [5.41, 5.74) is 0.952. The predicted molar refractivity (Wildman–Crippen MR) is 52.8 cm³/mol. The Morgan fingerprint density at radius 3 is 3.00 bits per heavy atom. The van der Waals surface area contributed by atoms with Crippen molar-refractivity contribution in [1.82, 2.24) is 15.2 Å². The maximum absolute atomic E-state index is 11.1. The number of nitrogens with one attached hydrogen (secondary N) is 1. The molecule has 0 saturated carbocycles. The maximum Gasteiger partial charge on any atom is 0.265 e. The van der Waals surface area contributed by atoms with Gasteiger partial charge >= 0.3 is 0 Å². The fourth-order valence-corrected chi connectivity index (χ4v) is 1.17. The van der Waals surface area contributed by atoms with Gasteiger partial charge in [0.25, 0.3) is 5.56 Å². The number of nitrogens with zero attached hydrogens (tertiary/aromatic N) is 3. The van der Waals surface area contributed by atoms with Crippen LogP contribution in [0.3, 0.4) is 0 Å². The van der Waals surface area contributed by atoms with E-state index in [1.807, 2.05) is 6.07 Å². The highest BCUT2D eigenvalue weighted by Gasteiger charge is 2.03. The molecular formula is C10H6N4O. The van der Waals surface area contributed by atoms with Crippen molar-refractivity contribution < 1.29 is 0 Å². The number of pyridine rings is 1. The molecule has 72 valence electrons. The van der Waals surface area contributed by atoms with Gasteiger partial charge in [-0.05, 0) is 18.2 Å². The summed E-state index contributed by atoms with van der Waals surface area (Å²) in [7, 11) is 0. The number of aromatic nitrogens is 3. The lowest BCUT2D eigenvalue weighted by Crippen LogP contribution is -2.09. The summed E-state index contributed by atoms with van der Waals surface area (Å²) in [5.74, 6) is 0. The molecule has 2 aromatic heterocycles. The van der Waals surface area contributed by atoms with Crippen molar-refractivity contribution in [2.45, 2.75) is 0 Å². The van der Waals surface area contributed by atoms with E-state index in [9.17, 15) is 4.79 Å². The summed E-state index contributed by atoms with van der Waals surface area (Å²) in [6.45, 7) is 0. The van der Waals surface area contributed by atoms with E-state index in [1.54, 1.807) is 18.3 Å². The summed E-state index contributed by atoms with van der Waals surface area (Å²) in [5, 5.41) is 16.3. The number of hydrogen-bond donors (Lipinski definition) is 1. The molecule has 0 spiro atoms. The number of nitriles is 1. The molecule has 15 heavy (non-hydrogen) atoms. The van der Waals surface area contributed by atoms with Crippen LogP contribution < -0.4 is 5.56 Å². The van der Waals surface area contributed by atoms with Crippen LogP contribution >= 0.6 is 0 Å². The normalized spacial score (nSPS) is 9.53. The standard InChI is InChI=1S/C10H6N4O/c11-5-7-4-8(6-12-10(7)15)9-2-1-3-13-14-9/h1-4,6H,(H,12,15). The Morgan fingerprint density at radius 2 is 2.33 bits per heavy atom. The molecule has 0 aliphatic heterocycles. The summed E-state index contributed by atoms with van der Waals surface area (Å²) in [4.78, 5) is 13.6. The minimum Gasteiger partial charge on any atom is -0.327 e. The van der Waals surface area contributed by atoms with E-state index in [-0.39, 0.29) is 5.56 Å². The summed E-state index contributed by atoms with van der Waals surface area (Å²) in [6, 6.07) is 6.79. The molecule has 0 bridgehead atoms. The SMILES string of the molecule is N#Cc1cc(-c2cccnn2)c[nH]c1=O. The van der Waals surface area contributed by atoms with Crippen LogP contribution in [0.4, 0.5) is 0 Å². The third kappa shape index (κ3) is 1.74. The molecule has 0 fully saturated rings. The number of rotatable bonds is 1. The number of hydrogen-bond acceptors (Lipinski definition) is 4. The van der Waals surface area contributed by atoms with Crippen molar-refractivity contribution in [2.24, 2.45) is 0 Å². The quantitative estimate of drug-likeness (QED) is 0.731. The van der Waals surface area contributed by atoms with Gasteiger partial charge < -0.3 is 4.98 Å². The van der Waals surface area contributed by atoms with E-state index in [1.165, 1.54) is 12.3 Å². The smallest absolute Gasteiger partial charge is 0.265 e. The van der Waals surface area contributed by atoms with Crippen molar-refractivity contribution >= 4 is 0 Å². The number of aromatic amines is 1. The number of H-pyrrole nitrogens is 1. The monoisotopic (exact) mass is 198 g/mol. The summed E-state index contributed by atoms with van der Waals surface area (Å²) >= 11 is 0. The lowest BCUT2D eigenvalue weighted by Gasteiger charge is -1.98. The molecule has 0 saturated heterocycles. The summed E-state index contributed by atoms with van der Waals surface area (Å²) in [6.07, 6.45) is 3.06. The molecule has 0 aromatic carbocycles. The van der Waals surface area contributed by atoms with Gasteiger partial charge in [0.05, 0.1) is 5.69 Å². The Balaban J connectivity index is 2.57. The molecule has 2 aromatic rings. The van der Waals surface area contributed by atoms with Crippen molar-refractivity contribution in [1.29, 1.82) is 5.26 Å². The largest absolute Gasteiger partial charge is 0.327 e. The van der Waals surface area contributed by atoms with Gasteiger partial charge in [0.2, 0.25) is 0 Å². The first kappa shape index (κ1) is 9.09. The van der Waals surface area contributed by atoms with Crippen LogP contribution in [0.2, 0.25) is 0 Å². The van der Waals surface area contributed by atoms with Crippen LogP contribution in [0.25, 0.3) is 11.3 Å². The lowest BCUT2D eigenvalue weighted by molar-refractivity contribution is 1.03. The van der Waals surface area contributed by atoms with E-state index in [4.69, 9.17) is 5.26 Å². The maximum atomic E-state index is 11.1. The third-order valence-electron chi connectivity index (χ3n) is 1.89. The van der Waals surface area contributed by atoms with Crippen LogP contribution in [-0.2, 0) is 0 Å². The first-order valence-electron chi connectivity index (χ1n) is 4.22. The molecule has 0 radical (unpaired) electrons. The van der Waals surface area contributed by atoms with Crippen LogP contribution in [0, 0.1) is 11.3 Å². The Hall–Kier alpha value is -2.48. The Labute approximate surface area is 85.0 Å². The van der Waals surface area contributed by atoms with Gasteiger partial charge in [-0.25, -0.2) is 0 Å². The van der Waals surface area contributed by atoms with Crippen molar-refractivity contribution in [2.75, 3.05) is 0 Å². The average molecular weight is 198 g/mol. The second kappa shape index (κ2) is 3.72. The molecule has 0 aliphatic rings. The molecule has 0 aliphatic carbocycles. The molecule has 5 heteroatoms. The van der Waals surface area contributed by atoms with E-state index in [2.05, 4.69) is 15.2 Å². The second-order valence-electron chi connectivity index (χ2n) is 2.85. The fourth-order valence-electron chi connectivity index (χ4n) is 1.17. The molecule has 2 rings (SSSR count). The van der Waals surface area contributed by atoms with Crippen molar-refractivity contribution in [3.05, 3.63) is 46.5 Å². The van der Waals surface area contributed by atoms with Gasteiger partial charge in [-0.15, -0.1) is 0 Å². The van der Waals surface area contributed by atoms with E-state index < -0.39 is 5.56 Å². The second-order valence-corrected chi connectivity index (χ2v) is 2.85. The highest BCUT2D eigenvalue weighted by molar-refractivity contribution is 5.58. The molecule has 0 amide bonds. The van der Waals surface area contributed by atoms with Gasteiger partial charge in [-0.1, -0.05) is 0 Å². The van der Waals surface area contributed by atoms with Crippen LogP contribution in [0.1, 0.15) is 5.56 Å². The minimum atomic E-state index is -0.398. The zero-order valence-corrected chi connectivity index (χ0v) is 7.64. The van der Waals surface area contributed by atoms with Gasteiger partial charge in [0.1, 0.15) is 11.6 Å². The van der Waals surface area contributed by atoms with Crippen LogP contribution in [0.15, 0.2) is 35.4 Å². The van der Waals surface area contributed by atoms with Crippen LogP contribution in [-0.4, -0.2) is 15.2 Å². The van der Waals surface area contributed by atoms with Crippen molar-refractivity contribution in [3.8, 4) is 17.3 Å². The Bertz CT molecular complexity index is 568. The van der Waals surface area contributed by atoms with Gasteiger partial charge in [-0.2, -0.15) is 15.5 Å². The molecule has 0 unspecified atom stereocenters. The van der Waals surface area contributed by atoms with E-state index >= 15 is 0 Å². The van der Waals surface area contributed by atoms with E-state index in [0.29, 0.717) is 11.3 Å². The van der Waals surface area contributed by atoms with E-state index in [0.717, 1.165) is 0 Å². The first-order valence-corrected chi connectivity index (χ1v) is 4.22. The third-order valence-corrected chi connectivity index (χ3v) is 1.89. The highest BCUT2D eigenvalue weighted by Crippen LogP contribution is 2.13. The average Bonchev–Trinajstić information content (AvgIpc) is 2.31. The van der Waals surface area contributed by atoms with Gasteiger partial charge in [-0.3, -0.25) is 4.79 Å². The van der Waals surface area contributed by atoms with Gasteiger partial charge in [0, 0.05) is 18.0 Å². The molecule has 5 nitrogen and oxygen atoms in total. The fraction of sp³-hybridized carbons (Fsp3) is 0. The zero-order valence-electron chi connectivity index (χ0n) is 7.64. The minimum absolute atomic E-state index is 0.0677. The zero-order chi connectivity index (χ0) is 10.7. The highest BCUT2D eigenvalue weighted by atomic mass is 16.1. The predicted octanol–water partition coefficient (Wildman–Crippen LogP) is 0.704. The Morgan fingerprint density at radius 1 is 1.47 bits per heavy atom. The lowest BCUT2D eigenvalue weighted by atomic mass is 10.1. The van der Waals surface area contributed by atoms with Gasteiger partial charge in [0.15, 0.2) is 0 Å². The molecule has 0 atom stereocenters. The van der Waals surface area contributed by atoms with Crippen molar-refractivity contribution in [3.63, 3.8) is 0 Å². The Kier molecular flexibility index (Phi) is 2.25. The summed E-state index contributed by atoms with van der Waals surface area (Å²) < 4.78 is 0. The van der Waals surface area contributed by atoms with Crippen LogP contribution in [0.5, 0.6) is 0 Å². The molecule has 1 N–H and O–H groups in total. The topological polar surface area (TPSA) is 82.4 Å².